The standard InChI is InChI=1S/C16H22N2O4/c1-16(2,3)22-15(21)18-8-6-11(7-9-18)13-5-4-12(10-17-13)14(19)20/h4-6,12H,7-10H2,1-3H3,(H,19,20)/t12-/m0/s1. The highest BCUT2D eigenvalue weighted by atomic mass is 16.6. The second-order valence-electron chi connectivity index (χ2n) is 6.44. The van der Waals surface area contributed by atoms with Crippen molar-refractivity contribution < 1.29 is 19.4 Å². The van der Waals surface area contributed by atoms with Gasteiger partial charge in [0.05, 0.1) is 18.2 Å². The van der Waals surface area contributed by atoms with E-state index in [0.717, 1.165) is 11.3 Å². The molecule has 2 aliphatic rings. The zero-order valence-electron chi connectivity index (χ0n) is 13.2. The Hall–Kier alpha value is -2.11. The molecule has 1 N–H and O–H groups in total. The van der Waals surface area contributed by atoms with Gasteiger partial charge in [-0.3, -0.25) is 9.79 Å². The molecular weight excluding hydrogens is 284 g/mol. The fourth-order valence-electron chi connectivity index (χ4n) is 2.28. The van der Waals surface area contributed by atoms with Crippen molar-refractivity contribution in [2.45, 2.75) is 32.8 Å². The van der Waals surface area contributed by atoms with E-state index in [0.29, 0.717) is 19.5 Å². The minimum absolute atomic E-state index is 0.272. The summed E-state index contributed by atoms with van der Waals surface area (Å²) in [5.74, 6) is -1.39. The summed E-state index contributed by atoms with van der Waals surface area (Å²) in [5.41, 5.74) is 1.38. The highest BCUT2D eigenvalue weighted by Crippen LogP contribution is 2.19. The topological polar surface area (TPSA) is 79.2 Å². The van der Waals surface area contributed by atoms with Gasteiger partial charge >= 0.3 is 12.1 Å². The predicted molar refractivity (Wildman–Crippen MR) is 83.1 cm³/mol. The number of carboxylic acids is 1. The van der Waals surface area contributed by atoms with Crippen LogP contribution in [0, 0.1) is 5.92 Å². The second kappa shape index (κ2) is 6.34. The summed E-state index contributed by atoms with van der Waals surface area (Å²) >= 11 is 0. The molecule has 0 spiro atoms. The molecule has 0 bridgehead atoms. The first-order valence-electron chi connectivity index (χ1n) is 7.39. The molecule has 2 heterocycles. The third-order valence-electron chi connectivity index (χ3n) is 3.45. The monoisotopic (exact) mass is 306 g/mol. The van der Waals surface area contributed by atoms with E-state index in [1.54, 1.807) is 17.1 Å². The van der Waals surface area contributed by atoms with E-state index < -0.39 is 17.5 Å². The molecule has 0 aromatic heterocycles. The molecule has 0 radical (unpaired) electrons. The number of aliphatic carboxylic acids is 1. The number of nitrogens with zero attached hydrogens (tertiary/aromatic N) is 2. The lowest BCUT2D eigenvalue weighted by Gasteiger charge is -2.29. The molecule has 1 atom stereocenters. The molecule has 0 saturated carbocycles. The van der Waals surface area contributed by atoms with Crippen molar-refractivity contribution in [3.05, 3.63) is 23.8 Å². The van der Waals surface area contributed by atoms with Gasteiger partial charge in [0.25, 0.3) is 0 Å². The summed E-state index contributed by atoms with van der Waals surface area (Å²) in [7, 11) is 0. The van der Waals surface area contributed by atoms with Crippen molar-refractivity contribution in [3.8, 4) is 0 Å². The first-order chi connectivity index (χ1) is 10.3. The fourth-order valence-corrected chi connectivity index (χ4v) is 2.28. The van der Waals surface area contributed by atoms with Crippen LogP contribution in [0.25, 0.3) is 0 Å². The van der Waals surface area contributed by atoms with Crippen LogP contribution in [0.5, 0.6) is 0 Å². The number of rotatable bonds is 2. The number of carbonyl (C=O) groups is 2. The molecule has 120 valence electrons. The summed E-state index contributed by atoms with van der Waals surface area (Å²) in [4.78, 5) is 28.8. The van der Waals surface area contributed by atoms with E-state index in [1.807, 2.05) is 26.8 Å². The van der Waals surface area contributed by atoms with Crippen LogP contribution in [0.4, 0.5) is 4.79 Å². The average Bonchev–Trinajstić information content (AvgIpc) is 2.46. The Bertz CT molecular complexity index is 555. The molecule has 22 heavy (non-hydrogen) atoms. The number of hydrogen-bond donors (Lipinski definition) is 1. The first kappa shape index (κ1) is 16.3. The van der Waals surface area contributed by atoms with Gasteiger partial charge in [0.1, 0.15) is 5.60 Å². The molecule has 2 rings (SSSR count). The number of hydrogen-bond acceptors (Lipinski definition) is 4. The summed E-state index contributed by atoms with van der Waals surface area (Å²) < 4.78 is 5.35. The number of ether oxygens (including phenoxy) is 1. The molecule has 2 aliphatic heterocycles. The maximum atomic E-state index is 12.0. The summed E-state index contributed by atoms with van der Waals surface area (Å²) in [6.45, 7) is 6.87. The zero-order chi connectivity index (χ0) is 16.3. The quantitative estimate of drug-likeness (QED) is 0.848. The van der Waals surface area contributed by atoms with Crippen LogP contribution < -0.4 is 0 Å². The second-order valence-corrected chi connectivity index (χ2v) is 6.44. The summed E-state index contributed by atoms with van der Waals surface area (Å²) in [6, 6.07) is 0. The van der Waals surface area contributed by atoms with Crippen LogP contribution in [-0.2, 0) is 9.53 Å². The van der Waals surface area contributed by atoms with Gasteiger partial charge in [-0.15, -0.1) is 0 Å². The summed E-state index contributed by atoms with van der Waals surface area (Å²) in [5, 5.41) is 8.93. The minimum atomic E-state index is -0.854. The van der Waals surface area contributed by atoms with Gasteiger partial charge in [0, 0.05) is 13.1 Å². The van der Waals surface area contributed by atoms with Gasteiger partial charge in [0.2, 0.25) is 0 Å². The molecule has 0 aromatic carbocycles. The third-order valence-corrected chi connectivity index (χ3v) is 3.45. The SMILES string of the molecule is CC(C)(C)OC(=O)N1CC=C(C2=NC[C@@H](C(=O)O)C=C2)CC1. The van der Waals surface area contributed by atoms with Gasteiger partial charge in [-0.25, -0.2) is 4.79 Å². The number of dihydropyridines is 1. The smallest absolute Gasteiger partial charge is 0.410 e. The third kappa shape index (κ3) is 4.19. The molecule has 0 aromatic rings. The maximum Gasteiger partial charge on any atom is 0.410 e. The molecule has 0 saturated heterocycles. The van der Waals surface area contributed by atoms with Crippen LogP contribution in [0.2, 0.25) is 0 Å². The van der Waals surface area contributed by atoms with Gasteiger partial charge < -0.3 is 14.7 Å². The van der Waals surface area contributed by atoms with Gasteiger partial charge in [0.15, 0.2) is 0 Å². The number of carboxylic acid groups (broad SMARTS) is 1. The molecule has 0 aliphatic carbocycles. The maximum absolute atomic E-state index is 12.0. The minimum Gasteiger partial charge on any atom is -0.481 e. The molecule has 1 amide bonds. The van der Waals surface area contributed by atoms with Crippen molar-refractivity contribution in [1.82, 2.24) is 4.90 Å². The van der Waals surface area contributed by atoms with Crippen molar-refractivity contribution in [2.75, 3.05) is 19.6 Å². The number of amides is 1. The summed E-state index contributed by atoms with van der Waals surface area (Å²) in [6.07, 6.45) is 5.77. The van der Waals surface area contributed by atoms with Gasteiger partial charge in [-0.1, -0.05) is 12.2 Å². The van der Waals surface area contributed by atoms with E-state index in [4.69, 9.17) is 9.84 Å². The van der Waals surface area contributed by atoms with Gasteiger partial charge in [-0.2, -0.15) is 0 Å². The lowest BCUT2D eigenvalue weighted by Crippen LogP contribution is -2.39. The average molecular weight is 306 g/mol. The molecule has 6 nitrogen and oxygen atoms in total. The Morgan fingerprint density at radius 3 is 2.59 bits per heavy atom. The lowest BCUT2D eigenvalue weighted by molar-refractivity contribution is -0.139. The van der Waals surface area contributed by atoms with Crippen molar-refractivity contribution >= 4 is 17.8 Å². The van der Waals surface area contributed by atoms with Crippen LogP contribution in [0.15, 0.2) is 28.8 Å². The Morgan fingerprint density at radius 1 is 1.41 bits per heavy atom. The van der Waals surface area contributed by atoms with E-state index in [2.05, 4.69) is 4.99 Å². The highest BCUT2D eigenvalue weighted by Gasteiger charge is 2.25. The Morgan fingerprint density at radius 2 is 2.14 bits per heavy atom. The number of aliphatic imine (C=N–C) groups is 1. The van der Waals surface area contributed by atoms with Crippen molar-refractivity contribution in [1.29, 1.82) is 0 Å². The zero-order valence-corrected chi connectivity index (χ0v) is 13.2. The normalized spacial score (nSPS) is 22.0. The molecular formula is C16H22N2O4. The van der Waals surface area contributed by atoms with E-state index in [1.165, 1.54) is 0 Å². The van der Waals surface area contributed by atoms with Gasteiger partial charge in [-0.05, 0) is 38.8 Å². The molecule has 0 unspecified atom stereocenters. The molecule has 0 fully saturated rings. The van der Waals surface area contributed by atoms with Crippen molar-refractivity contribution in [3.63, 3.8) is 0 Å². The molecule has 6 heteroatoms. The Labute approximate surface area is 130 Å². The van der Waals surface area contributed by atoms with Crippen LogP contribution >= 0.6 is 0 Å². The van der Waals surface area contributed by atoms with Crippen molar-refractivity contribution in [2.24, 2.45) is 10.9 Å². The van der Waals surface area contributed by atoms with Crippen LogP contribution in [0.3, 0.4) is 0 Å². The van der Waals surface area contributed by atoms with Crippen LogP contribution in [-0.4, -0.2) is 53.0 Å². The Kier molecular flexibility index (Phi) is 4.68. The fraction of sp³-hybridized carbons (Fsp3) is 0.562. The van der Waals surface area contributed by atoms with E-state index >= 15 is 0 Å². The highest BCUT2D eigenvalue weighted by molar-refractivity contribution is 6.09. The largest absolute Gasteiger partial charge is 0.481 e. The Balaban J connectivity index is 1.94. The number of carbonyl (C=O) groups excluding carboxylic acids is 1. The number of allylic oxidation sites excluding steroid dienone is 1. The van der Waals surface area contributed by atoms with E-state index in [9.17, 15) is 9.59 Å². The first-order valence-corrected chi connectivity index (χ1v) is 7.39. The van der Waals surface area contributed by atoms with Crippen LogP contribution in [0.1, 0.15) is 27.2 Å². The predicted octanol–water partition coefficient (Wildman–Crippen LogP) is 2.27. The lowest BCUT2D eigenvalue weighted by atomic mass is 9.98. The van der Waals surface area contributed by atoms with E-state index in [-0.39, 0.29) is 12.6 Å².